The van der Waals surface area contributed by atoms with Crippen molar-refractivity contribution in [3.8, 4) is 0 Å². The molecule has 2 rings (SSSR count). The fraction of sp³-hybridized carbons (Fsp3) is 1.00. The van der Waals surface area contributed by atoms with E-state index in [-0.39, 0.29) is 24.9 Å². The zero-order valence-electron chi connectivity index (χ0n) is 7.32. The molecule has 0 radical (unpaired) electrons. The van der Waals surface area contributed by atoms with Crippen LogP contribution >= 0.6 is 0 Å². The quantitative estimate of drug-likeness (QED) is 0.603. The van der Waals surface area contributed by atoms with Crippen LogP contribution in [0.3, 0.4) is 0 Å². The second-order valence-electron chi connectivity index (χ2n) is 3.69. The largest absolute Gasteiger partial charge is 0.394 e. The Morgan fingerprint density at radius 1 is 1.42 bits per heavy atom. The Morgan fingerprint density at radius 2 is 2.17 bits per heavy atom. The molecule has 4 nitrogen and oxygen atoms in total. The molecule has 2 heterocycles. The summed E-state index contributed by atoms with van der Waals surface area (Å²) in [5.41, 5.74) is 0. The molecule has 2 saturated heterocycles. The van der Waals surface area contributed by atoms with E-state index in [0.29, 0.717) is 6.61 Å². The van der Waals surface area contributed by atoms with Gasteiger partial charge in [-0.1, -0.05) is 0 Å². The van der Waals surface area contributed by atoms with Crippen LogP contribution in [0.1, 0.15) is 13.8 Å². The summed E-state index contributed by atoms with van der Waals surface area (Å²) in [6, 6.07) is 0. The second kappa shape index (κ2) is 2.67. The number of fused-ring (bicyclic) bond motifs is 1. The molecule has 0 aromatic rings. The zero-order chi connectivity index (χ0) is 8.77. The van der Waals surface area contributed by atoms with Crippen LogP contribution in [0.2, 0.25) is 0 Å². The molecule has 0 aliphatic carbocycles. The van der Waals surface area contributed by atoms with Gasteiger partial charge in [0.25, 0.3) is 0 Å². The van der Waals surface area contributed by atoms with Crippen molar-refractivity contribution in [1.29, 1.82) is 0 Å². The lowest BCUT2D eigenvalue weighted by Crippen LogP contribution is -2.31. The topological polar surface area (TPSA) is 47.9 Å². The van der Waals surface area contributed by atoms with Gasteiger partial charge in [0.2, 0.25) is 0 Å². The Hall–Kier alpha value is -0.160. The predicted molar refractivity (Wildman–Crippen MR) is 40.7 cm³/mol. The Labute approximate surface area is 71.4 Å². The summed E-state index contributed by atoms with van der Waals surface area (Å²) in [7, 11) is 0. The summed E-state index contributed by atoms with van der Waals surface area (Å²) in [4.78, 5) is 0. The molecule has 0 saturated carbocycles. The summed E-state index contributed by atoms with van der Waals surface area (Å²) in [6.07, 6.45) is -0.307. The van der Waals surface area contributed by atoms with E-state index in [1.165, 1.54) is 0 Å². The van der Waals surface area contributed by atoms with Gasteiger partial charge in [-0.3, -0.25) is 0 Å². The van der Waals surface area contributed by atoms with Crippen molar-refractivity contribution in [3.05, 3.63) is 0 Å². The molecule has 1 N–H and O–H groups in total. The van der Waals surface area contributed by atoms with Gasteiger partial charge in [0.15, 0.2) is 5.79 Å². The lowest BCUT2D eigenvalue weighted by molar-refractivity contribution is -0.177. The van der Waals surface area contributed by atoms with Crippen LogP contribution in [0.4, 0.5) is 0 Å². The third kappa shape index (κ3) is 1.25. The van der Waals surface area contributed by atoms with Gasteiger partial charge in [-0.25, -0.2) is 0 Å². The second-order valence-corrected chi connectivity index (χ2v) is 3.69. The molecule has 2 aliphatic heterocycles. The normalized spacial score (nSPS) is 44.8. The van der Waals surface area contributed by atoms with Crippen molar-refractivity contribution < 1.29 is 19.3 Å². The standard InChI is InChI=1S/C8H14O4/c1-8(2)11-6-4-10-5(3-9)7(6)12-8/h5-7,9H,3-4H2,1-2H3/t5-,6-,7+/m0/s1. The maximum atomic E-state index is 8.92. The van der Waals surface area contributed by atoms with E-state index in [1.807, 2.05) is 13.8 Å². The lowest BCUT2D eigenvalue weighted by Gasteiger charge is -2.20. The van der Waals surface area contributed by atoms with Gasteiger partial charge < -0.3 is 19.3 Å². The monoisotopic (exact) mass is 174 g/mol. The van der Waals surface area contributed by atoms with Gasteiger partial charge in [-0.05, 0) is 13.8 Å². The molecule has 70 valence electrons. The molecule has 0 aromatic heterocycles. The molecule has 0 aromatic carbocycles. The lowest BCUT2D eigenvalue weighted by atomic mass is 10.2. The highest BCUT2D eigenvalue weighted by Crippen LogP contribution is 2.34. The van der Waals surface area contributed by atoms with E-state index in [9.17, 15) is 0 Å². The van der Waals surface area contributed by atoms with Gasteiger partial charge in [-0.15, -0.1) is 0 Å². The van der Waals surface area contributed by atoms with Crippen LogP contribution in [0.15, 0.2) is 0 Å². The summed E-state index contributed by atoms with van der Waals surface area (Å²) < 4.78 is 16.4. The summed E-state index contributed by atoms with van der Waals surface area (Å²) in [5.74, 6) is -0.521. The number of ether oxygens (including phenoxy) is 3. The predicted octanol–water partition coefficient (Wildman–Crippen LogP) is -0.102. The molecule has 0 spiro atoms. The van der Waals surface area contributed by atoms with Gasteiger partial charge >= 0.3 is 0 Å². The molecule has 0 bridgehead atoms. The minimum atomic E-state index is -0.521. The SMILES string of the molecule is CC1(C)O[C@@H]2[C@H](CO)OC[C@@H]2O1. The molecule has 2 aliphatic rings. The van der Waals surface area contributed by atoms with E-state index < -0.39 is 5.79 Å². The summed E-state index contributed by atoms with van der Waals surface area (Å²) >= 11 is 0. The first-order chi connectivity index (χ1) is 5.62. The third-order valence-corrected chi connectivity index (χ3v) is 2.24. The van der Waals surface area contributed by atoms with Crippen LogP contribution in [0.5, 0.6) is 0 Å². The number of aliphatic hydroxyl groups excluding tert-OH is 1. The van der Waals surface area contributed by atoms with E-state index in [0.717, 1.165) is 0 Å². The highest BCUT2D eigenvalue weighted by atomic mass is 16.8. The van der Waals surface area contributed by atoms with E-state index >= 15 is 0 Å². The van der Waals surface area contributed by atoms with E-state index in [2.05, 4.69) is 0 Å². The smallest absolute Gasteiger partial charge is 0.164 e. The average Bonchev–Trinajstić information content (AvgIpc) is 2.42. The third-order valence-electron chi connectivity index (χ3n) is 2.24. The van der Waals surface area contributed by atoms with Crippen LogP contribution in [-0.2, 0) is 14.2 Å². The molecular formula is C8H14O4. The molecule has 4 heteroatoms. The highest BCUT2D eigenvalue weighted by Gasteiger charge is 2.49. The number of hydrogen-bond acceptors (Lipinski definition) is 4. The minimum Gasteiger partial charge on any atom is -0.394 e. The fourth-order valence-corrected chi connectivity index (χ4v) is 1.78. The Kier molecular flexibility index (Phi) is 1.88. The van der Waals surface area contributed by atoms with Crippen molar-refractivity contribution in [2.45, 2.75) is 37.9 Å². The van der Waals surface area contributed by atoms with Gasteiger partial charge in [0.05, 0.1) is 13.2 Å². The first-order valence-electron chi connectivity index (χ1n) is 4.20. The van der Waals surface area contributed by atoms with Crippen LogP contribution in [-0.4, -0.2) is 42.4 Å². The summed E-state index contributed by atoms with van der Waals surface area (Å²) in [5, 5.41) is 8.92. The van der Waals surface area contributed by atoms with Gasteiger partial charge in [0.1, 0.15) is 18.3 Å². The first-order valence-corrected chi connectivity index (χ1v) is 4.20. The number of aliphatic hydroxyl groups is 1. The fourth-order valence-electron chi connectivity index (χ4n) is 1.78. The van der Waals surface area contributed by atoms with Gasteiger partial charge in [-0.2, -0.15) is 0 Å². The molecule has 2 fully saturated rings. The number of hydrogen-bond donors (Lipinski definition) is 1. The minimum absolute atomic E-state index is 0.000602. The Bertz CT molecular complexity index is 180. The molecule has 0 amide bonds. The van der Waals surface area contributed by atoms with Crippen molar-refractivity contribution >= 4 is 0 Å². The van der Waals surface area contributed by atoms with Crippen LogP contribution in [0, 0.1) is 0 Å². The Balaban J connectivity index is 2.06. The molecule has 0 unspecified atom stereocenters. The maximum Gasteiger partial charge on any atom is 0.164 e. The average molecular weight is 174 g/mol. The van der Waals surface area contributed by atoms with Crippen LogP contribution < -0.4 is 0 Å². The molecule has 12 heavy (non-hydrogen) atoms. The van der Waals surface area contributed by atoms with Crippen molar-refractivity contribution in [3.63, 3.8) is 0 Å². The van der Waals surface area contributed by atoms with E-state index in [1.54, 1.807) is 0 Å². The summed E-state index contributed by atoms with van der Waals surface area (Å²) in [6.45, 7) is 4.28. The van der Waals surface area contributed by atoms with Crippen molar-refractivity contribution in [2.75, 3.05) is 13.2 Å². The zero-order valence-corrected chi connectivity index (χ0v) is 7.32. The van der Waals surface area contributed by atoms with Crippen LogP contribution in [0.25, 0.3) is 0 Å². The van der Waals surface area contributed by atoms with E-state index in [4.69, 9.17) is 19.3 Å². The maximum absolute atomic E-state index is 8.92. The molecular weight excluding hydrogens is 160 g/mol. The van der Waals surface area contributed by atoms with Crippen molar-refractivity contribution in [1.82, 2.24) is 0 Å². The molecule has 3 atom stereocenters. The number of rotatable bonds is 1. The first kappa shape index (κ1) is 8.44. The van der Waals surface area contributed by atoms with Gasteiger partial charge in [0, 0.05) is 0 Å². The highest BCUT2D eigenvalue weighted by molar-refractivity contribution is 4.91. The van der Waals surface area contributed by atoms with Crippen molar-refractivity contribution in [2.24, 2.45) is 0 Å². The Morgan fingerprint density at radius 3 is 2.83 bits per heavy atom.